The highest BCUT2D eigenvalue weighted by atomic mass is 16.5. The molecule has 35 heavy (non-hydrogen) atoms. The van der Waals surface area contributed by atoms with Gasteiger partial charge in [-0.05, 0) is 35.6 Å². The molecule has 0 bridgehead atoms. The lowest BCUT2D eigenvalue weighted by Crippen LogP contribution is -2.57. The number of aromatic nitrogens is 2. The standard InChI is InChI=1S/C26H28N4O5/c1-3-26(2,24(33)27-12-13-30-14-22(23(31)32)28-16-30)29-25(34)35-15-21-19-10-6-4-8-17(19)18-9-5-7-11-20(18)21/h4-11,14,16,21H,3,12-13,15H2,1-2H3,(H,27,33)(H,29,34)(H,31,32). The third kappa shape index (κ3) is 5.03. The third-order valence-corrected chi connectivity index (χ3v) is 6.44. The van der Waals surface area contributed by atoms with Gasteiger partial charge in [0.25, 0.3) is 0 Å². The zero-order valence-corrected chi connectivity index (χ0v) is 19.7. The summed E-state index contributed by atoms with van der Waals surface area (Å²) >= 11 is 0. The van der Waals surface area contributed by atoms with Gasteiger partial charge in [0.15, 0.2) is 5.69 Å². The molecule has 3 aromatic rings. The van der Waals surface area contributed by atoms with E-state index in [-0.39, 0.29) is 30.7 Å². The highest BCUT2D eigenvalue weighted by Crippen LogP contribution is 2.44. The van der Waals surface area contributed by atoms with Crippen LogP contribution in [-0.2, 0) is 16.1 Å². The largest absolute Gasteiger partial charge is 0.476 e. The van der Waals surface area contributed by atoms with Gasteiger partial charge in [-0.3, -0.25) is 4.79 Å². The first-order valence-electron chi connectivity index (χ1n) is 11.5. The normalized spacial score (nSPS) is 13.9. The molecule has 0 radical (unpaired) electrons. The fourth-order valence-corrected chi connectivity index (χ4v) is 4.25. The van der Waals surface area contributed by atoms with Crippen LogP contribution in [0, 0.1) is 0 Å². The van der Waals surface area contributed by atoms with Crippen LogP contribution in [0.15, 0.2) is 61.1 Å². The number of nitrogens with one attached hydrogen (secondary N) is 2. The Balaban J connectivity index is 1.33. The number of amides is 2. The molecule has 1 atom stereocenters. The number of carbonyl (C=O) groups is 3. The smallest absolute Gasteiger partial charge is 0.408 e. The maximum atomic E-state index is 12.8. The number of nitrogens with zero attached hydrogens (tertiary/aromatic N) is 2. The summed E-state index contributed by atoms with van der Waals surface area (Å²) in [6, 6.07) is 16.2. The van der Waals surface area contributed by atoms with E-state index in [1.54, 1.807) is 18.4 Å². The molecule has 1 unspecified atom stereocenters. The molecule has 0 spiro atoms. The molecule has 1 aromatic heterocycles. The number of hydrogen-bond donors (Lipinski definition) is 3. The second kappa shape index (κ2) is 10.0. The Hall–Kier alpha value is -4.14. The van der Waals surface area contributed by atoms with E-state index in [0.29, 0.717) is 13.0 Å². The molecule has 0 fully saturated rings. The fourth-order valence-electron chi connectivity index (χ4n) is 4.25. The molecule has 0 saturated carbocycles. The third-order valence-electron chi connectivity index (χ3n) is 6.44. The predicted octanol–water partition coefficient (Wildman–Crippen LogP) is 3.40. The molecule has 2 amide bonds. The van der Waals surface area contributed by atoms with Crippen LogP contribution in [0.3, 0.4) is 0 Å². The van der Waals surface area contributed by atoms with Gasteiger partial charge < -0.3 is 25.0 Å². The first-order chi connectivity index (χ1) is 16.8. The molecule has 9 nitrogen and oxygen atoms in total. The lowest BCUT2D eigenvalue weighted by atomic mass is 9.97. The average Bonchev–Trinajstić information content (AvgIpc) is 3.46. The van der Waals surface area contributed by atoms with Crippen LogP contribution in [0.2, 0.25) is 0 Å². The van der Waals surface area contributed by atoms with Gasteiger partial charge in [-0.2, -0.15) is 0 Å². The number of imidazole rings is 1. The summed E-state index contributed by atoms with van der Waals surface area (Å²) in [4.78, 5) is 40.2. The molecule has 9 heteroatoms. The zero-order chi connectivity index (χ0) is 25.0. The lowest BCUT2D eigenvalue weighted by Gasteiger charge is -2.28. The van der Waals surface area contributed by atoms with Crippen molar-refractivity contribution in [1.82, 2.24) is 20.2 Å². The summed E-state index contributed by atoms with van der Waals surface area (Å²) in [7, 11) is 0. The summed E-state index contributed by atoms with van der Waals surface area (Å²) < 4.78 is 7.16. The number of hydrogen-bond acceptors (Lipinski definition) is 5. The van der Waals surface area contributed by atoms with Crippen molar-refractivity contribution in [2.75, 3.05) is 13.2 Å². The summed E-state index contributed by atoms with van der Waals surface area (Å²) in [5.74, 6) is -1.54. The topological polar surface area (TPSA) is 123 Å². The highest BCUT2D eigenvalue weighted by molar-refractivity contribution is 5.89. The maximum Gasteiger partial charge on any atom is 0.408 e. The Morgan fingerprint density at radius 3 is 2.29 bits per heavy atom. The van der Waals surface area contributed by atoms with Crippen molar-refractivity contribution in [3.8, 4) is 11.1 Å². The second-order valence-electron chi connectivity index (χ2n) is 8.69. The van der Waals surface area contributed by atoms with E-state index in [1.165, 1.54) is 12.5 Å². The number of aromatic carboxylic acids is 1. The van der Waals surface area contributed by atoms with Gasteiger partial charge in [-0.25, -0.2) is 14.6 Å². The van der Waals surface area contributed by atoms with E-state index < -0.39 is 17.6 Å². The van der Waals surface area contributed by atoms with Gasteiger partial charge in [-0.15, -0.1) is 0 Å². The molecular weight excluding hydrogens is 448 g/mol. The van der Waals surface area contributed by atoms with Crippen LogP contribution >= 0.6 is 0 Å². The molecular formula is C26H28N4O5. The van der Waals surface area contributed by atoms with Gasteiger partial charge in [0.05, 0.1) is 6.33 Å². The van der Waals surface area contributed by atoms with E-state index in [1.807, 2.05) is 36.4 Å². The molecule has 1 heterocycles. The molecule has 4 rings (SSSR count). The van der Waals surface area contributed by atoms with Crippen molar-refractivity contribution in [2.24, 2.45) is 0 Å². The molecule has 1 aliphatic carbocycles. The number of carbonyl (C=O) groups excluding carboxylic acids is 2. The van der Waals surface area contributed by atoms with Crippen molar-refractivity contribution in [1.29, 1.82) is 0 Å². The molecule has 0 aliphatic heterocycles. The Labute approximate surface area is 203 Å². The number of carboxylic acids is 1. The van der Waals surface area contributed by atoms with Gasteiger partial charge >= 0.3 is 12.1 Å². The number of ether oxygens (including phenoxy) is 1. The van der Waals surface area contributed by atoms with Crippen molar-refractivity contribution in [3.63, 3.8) is 0 Å². The number of fused-ring (bicyclic) bond motifs is 3. The van der Waals surface area contributed by atoms with Gasteiger partial charge in [-0.1, -0.05) is 55.5 Å². The van der Waals surface area contributed by atoms with E-state index in [0.717, 1.165) is 22.3 Å². The van der Waals surface area contributed by atoms with Gasteiger partial charge in [0, 0.05) is 25.2 Å². The van der Waals surface area contributed by atoms with E-state index in [4.69, 9.17) is 9.84 Å². The van der Waals surface area contributed by atoms with E-state index in [9.17, 15) is 14.4 Å². The number of rotatable bonds is 9. The quantitative estimate of drug-likeness (QED) is 0.435. The Bertz CT molecular complexity index is 1210. The van der Waals surface area contributed by atoms with E-state index in [2.05, 4.69) is 27.8 Å². The average molecular weight is 477 g/mol. The van der Waals surface area contributed by atoms with Crippen molar-refractivity contribution in [3.05, 3.63) is 77.9 Å². The van der Waals surface area contributed by atoms with Crippen molar-refractivity contribution < 1.29 is 24.2 Å². The fraction of sp³-hybridized carbons (Fsp3) is 0.308. The molecule has 182 valence electrons. The Morgan fingerprint density at radius 2 is 1.71 bits per heavy atom. The Kier molecular flexibility index (Phi) is 6.86. The minimum atomic E-state index is -1.16. The summed E-state index contributed by atoms with van der Waals surface area (Å²) in [6.07, 6.45) is 2.48. The Morgan fingerprint density at radius 1 is 1.09 bits per heavy atom. The first-order valence-corrected chi connectivity index (χ1v) is 11.5. The highest BCUT2D eigenvalue weighted by Gasteiger charge is 2.34. The lowest BCUT2D eigenvalue weighted by molar-refractivity contribution is -0.127. The van der Waals surface area contributed by atoms with Crippen LogP contribution in [0.4, 0.5) is 4.79 Å². The van der Waals surface area contributed by atoms with Crippen LogP contribution in [-0.4, -0.2) is 51.3 Å². The molecule has 0 saturated heterocycles. The number of carboxylic acid groups (broad SMARTS) is 1. The number of benzene rings is 2. The van der Waals surface area contributed by atoms with Crippen LogP contribution in [0.25, 0.3) is 11.1 Å². The zero-order valence-electron chi connectivity index (χ0n) is 19.7. The van der Waals surface area contributed by atoms with Gasteiger partial charge in [0.1, 0.15) is 12.1 Å². The van der Waals surface area contributed by atoms with Crippen molar-refractivity contribution in [2.45, 2.75) is 38.3 Å². The first kappa shape index (κ1) is 24.0. The molecule has 1 aliphatic rings. The second-order valence-corrected chi connectivity index (χ2v) is 8.69. The summed E-state index contributed by atoms with van der Waals surface area (Å²) in [5, 5.41) is 14.4. The van der Waals surface area contributed by atoms with Crippen LogP contribution in [0.5, 0.6) is 0 Å². The SMILES string of the molecule is CCC(C)(NC(=O)OCC1c2ccccc2-c2ccccc21)C(=O)NCCn1cnc(C(=O)O)c1. The predicted molar refractivity (Wildman–Crippen MR) is 129 cm³/mol. The maximum absolute atomic E-state index is 12.8. The van der Waals surface area contributed by atoms with Crippen LogP contribution < -0.4 is 10.6 Å². The summed E-state index contributed by atoms with van der Waals surface area (Å²) in [5.41, 5.74) is 3.29. The monoisotopic (exact) mass is 476 g/mol. The molecule has 3 N–H and O–H groups in total. The van der Waals surface area contributed by atoms with Crippen molar-refractivity contribution >= 4 is 18.0 Å². The van der Waals surface area contributed by atoms with Gasteiger partial charge in [0.2, 0.25) is 5.91 Å². The van der Waals surface area contributed by atoms with E-state index >= 15 is 0 Å². The van der Waals surface area contributed by atoms with Crippen LogP contribution in [0.1, 0.15) is 47.8 Å². The minimum absolute atomic E-state index is 0.0633. The number of alkyl carbamates (subject to hydrolysis) is 1. The summed E-state index contributed by atoms with van der Waals surface area (Å²) in [6.45, 7) is 4.20. The molecule has 2 aromatic carbocycles. The minimum Gasteiger partial charge on any atom is -0.476 e.